The van der Waals surface area contributed by atoms with Crippen LogP contribution >= 0.6 is 22.7 Å². The summed E-state index contributed by atoms with van der Waals surface area (Å²) >= 11 is 3.76. The highest BCUT2D eigenvalue weighted by Crippen LogP contribution is 2.44. The lowest BCUT2D eigenvalue weighted by molar-refractivity contribution is 1.18. The number of fused-ring (bicyclic) bond motifs is 9. The maximum absolute atomic E-state index is 2.38. The van der Waals surface area contributed by atoms with E-state index in [4.69, 9.17) is 0 Å². The van der Waals surface area contributed by atoms with Gasteiger partial charge in [0.2, 0.25) is 0 Å². The highest BCUT2D eigenvalue weighted by atomic mass is 32.1. The molecule has 0 saturated heterocycles. The van der Waals surface area contributed by atoms with Crippen LogP contribution in [0.2, 0.25) is 0 Å². The van der Waals surface area contributed by atoms with E-state index in [-0.39, 0.29) is 0 Å². The third-order valence-corrected chi connectivity index (χ3v) is 15.3. The van der Waals surface area contributed by atoms with Crippen molar-refractivity contribution in [2.75, 3.05) is 4.90 Å². The number of para-hydroxylation sites is 2. The Balaban J connectivity index is 0.901. The number of aromatic nitrogens is 1. The van der Waals surface area contributed by atoms with E-state index in [0.29, 0.717) is 0 Å². The zero-order valence-electron chi connectivity index (χ0n) is 34.7. The largest absolute Gasteiger partial charge is 0.311 e. The first kappa shape index (κ1) is 36.9. The van der Waals surface area contributed by atoms with Gasteiger partial charge in [-0.3, -0.25) is 0 Å². The van der Waals surface area contributed by atoms with E-state index in [1.165, 1.54) is 101 Å². The van der Waals surface area contributed by atoms with Gasteiger partial charge >= 0.3 is 0 Å². The van der Waals surface area contributed by atoms with E-state index < -0.39 is 0 Å². The zero-order chi connectivity index (χ0) is 42.1. The number of benzene rings is 10. The Morgan fingerprint density at radius 2 is 0.734 bits per heavy atom. The lowest BCUT2D eigenvalue weighted by atomic mass is 10.0. The molecule has 300 valence electrons. The van der Waals surface area contributed by atoms with Crippen LogP contribution < -0.4 is 4.90 Å². The van der Waals surface area contributed by atoms with Crippen molar-refractivity contribution in [3.8, 4) is 39.1 Å². The Hall–Kier alpha value is -7.76. The maximum atomic E-state index is 2.38. The topological polar surface area (TPSA) is 8.17 Å². The van der Waals surface area contributed by atoms with Crippen LogP contribution in [-0.4, -0.2) is 4.57 Å². The summed E-state index contributed by atoms with van der Waals surface area (Å²) in [6.45, 7) is 0. The third kappa shape index (κ3) is 5.99. The number of hydrogen-bond acceptors (Lipinski definition) is 3. The first-order valence-electron chi connectivity index (χ1n) is 21.7. The number of hydrogen-bond donors (Lipinski definition) is 0. The summed E-state index contributed by atoms with van der Waals surface area (Å²) in [6.07, 6.45) is 0. The number of anilines is 3. The van der Waals surface area contributed by atoms with E-state index >= 15 is 0 Å². The first-order chi connectivity index (χ1) is 31.7. The van der Waals surface area contributed by atoms with Crippen LogP contribution in [0.3, 0.4) is 0 Å². The molecular formula is C60H38N2S2. The van der Waals surface area contributed by atoms with E-state index in [1.807, 2.05) is 22.7 Å². The smallest absolute Gasteiger partial charge is 0.0541 e. The van der Waals surface area contributed by atoms with Crippen LogP contribution in [0.1, 0.15) is 0 Å². The van der Waals surface area contributed by atoms with Gasteiger partial charge in [0, 0.05) is 73.9 Å². The van der Waals surface area contributed by atoms with Gasteiger partial charge in [-0.05, 0) is 112 Å². The summed E-state index contributed by atoms with van der Waals surface area (Å²) in [5, 5.41) is 7.78. The maximum Gasteiger partial charge on any atom is 0.0541 e. The molecule has 13 aromatic rings. The zero-order valence-corrected chi connectivity index (χ0v) is 36.3. The van der Waals surface area contributed by atoms with Gasteiger partial charge in [0.05, 0.1) is 11.0 Å². The summed E-state index contributed by atoms with van der Waals surface area (Å²) in [6, 6.07) is 84.5. The first-order valence-corrected chi connectivity index (χ1v) is 23.4. The molecule has 0 radical (unpaired) electrons. The van der Waals surface area contributed by atoms with Gasteiger partial charge in [0.1, 0.15) is 0 Å². The summed E-state index contributed by atoms with van der Waals surface area (Å²) in [7, 11) is 0. The second-order valence-electron chi connectivity index (χ2n) is 16.5. The minimum Gasteiger partial charge on any atom is -0.311 e. The Morgan fingerprint density at radius 1 is 0.297 bits per heavy atom. The van der Waals surface area contributed by atoms with Gasteiger partial charge in [-0.2, -0.15) is 0 Å². The lowest BCUT2D eigenvalue weighted by Gasteiger charge is -2.26. The van der Waals surface area contributed by atoms with Crippen LogP contribution in [0.15, 0.2) is 231 Å². The van der Waals surface area contributed by atoms with Crippen molar-refractivity contribution in [1.82, 2.24) is 4.57 Å². The fourth-order valence-electron chi connectivity index (χ4n) is 9.79. The molecule has 2 nitrogen and oxygen atoms in total. The molecule has 10 aromatic carbocycles. The second kappa shape index (κ2) is 15.0. The van der Waals surface area contributed by atoms with Crippen molar-refractivity contribution in [1.29, 1.82) is 0 Å². The molecular weight excluding hydrogens is 813 g/mol. The minimum atomic E-state index is 1.10. The van der Waals surface area contributed by atoms with Crippen molar-refractivity contribution in [3.05, 3.63) is 231 Å². The van der Waals surface area contributed by atoms with Crippen LogP contribution in [0.4, 0.5) is 17.1 Å². The molecule has 0 aliphatic carbocycles. The molecule has 0 bridgehead atoms. The molecule has 0 aliphatic heterocycles. The van der Waals surface area contributed by atoms with Gasteiger partial charge in [-0.15, -0.1) is 22.7 Å². The third-order valence-electron chi connectivity index (χ3n) is 12.8. The van der Waals surface area contributed by atoms with Crippen molar-refractivity contribution in [2.24, 2.45) is 0 Å². The average Bonchev–Trinajstić information content (AvgIpc) is 4.05. The van der Waals surface area contributed by atoms with Crippen molar-refractivity contribution < 1.29 is 0 Å². The van der Waals surface area contributed by atoms with Crippen LogP contribution in [0.5, 0.6) is 0 Å². The molecule has 3 aromatic heterocycles. The molecule has 0 saturated carbocycles. The van der Waals surface area contributed by atoms with Gasteiger partial charge in [-0.25, -0.2) is 0 Å². The molecule has 0 aliphatic rings. The molecule has 0 spiro atoms. The lowest BCUT2D eigenvalue weighted by Crippen LogP contribution is -2.09. The molecule has 3 heterocycles. The van der Waals surface area contributed by atoms with E-state index in [0.717, 1.165) is 17.1 Å². The summed E-state index contributed by atoms with van der Waals surface area (Å²) in [5.41, 5.74) is 14.2. The highest BCUT2D eigenvalue weighted by Gasteiger charge is 2.18. The van der Waals surface area contributed by atoms with Gasteiger partial charge in [0.25, 0.3) is 0 Å². The van der Waals surface area contributed by atoms with Gasteiger partial charge in [-0.1, -0.05) is 152 Å². The SMILES string of the molecule is c1ccc(-n2c3ccccc3c3cc(-c4ccc(N(c5ccc(-c6cccc7c6sc6ccccc67)cc5)c5ccc(-c6cccc7c6sc6ccccc67)cc5)cc4)ccc32)cc1. The molecule has 0 N–H and O–H groups in total. The Labute approximate surface area is 378 Å². The molecule has 0 atom stereocenters. The fourth-order valence-corrected chi connectivity index (χ4v) is 12.3. The number of rotatable bonds is 7. The molecule has 4 heteroatoms. The van der Waals surface area contributed by atoms with Crippen molar-refractivity contribution >= 4 is 102 Å². The van der Waals surface area contributed by atoms with Crippen molar-refractivity contribution in [3.63, 3.8) is 0 Å². The average molecular weight is 851 g/mol. The molecule has 13 rings (SSSR count). The van der Waals surface area contributed by atoms with Gasteiger partial charge < -0.3 is 9.47 Å². The summed E-state index contributed by atoms with van der Waals surface area (Å²) in [5.74, 6) is 0. The number of thiophene rings is 2. The van der Waals surface area contributed by atoms with Crippen LogP contribution in [-0.2, 0) is 0 Å². The predicted molar refractivity (Wildman–Crippen MR) is 278 cm³/mol. The molecule has 0 unspecified atom stereocenters. The monoisotopic (exact) mass is 850 g/mol. The molecule has 0 fully saturated rings. The summed E-state index contributed by atoms with van der Waals surface area (Å²) < 4.78 is 7.67. The summed E-state index contributed by atoms with van der Waals surface area (Å²) in [4.78, 5) is 2.38. The predicted octanol–water partition coefficient (Wildman–Crippen LogP) is 18.0. The highest BCUT2D eigenvalue weighted by molar-refractivity contribution is 7.26. The van der Waals surface area contributed by atoms with Crippen molar-refractivity contribution in [2.45, 2.75) is 0 Å². The van der Waals surface area contributed by atoms with Crippen LogP contribution in [0, 0.1) is 0 Å². The van der Waals surface area contributed by atoms with E-state index in [1.54, 1.807) is 0 Å². The molecule has 64 heavy (non-hydrogen) atoms. The molecule has 0 amide bonds. The van der Waals surface area contributed by atoms with E-state index in [9.17, 15) is 0 Å². The number of nitrogens with zero attached hydrogens (tertiary/aromatic N) is 2. The van der Waals surface area contributed by atoms with Crippen LogP contribution in [0.25, 0.3) is 101 Å². The fraction of sp³-hybridized carbons (Fsp3) is 0. The Bertz CT molecular complexity index is 3720. The normalized spacial score (nSPS) is 11.8. The second-order valence-corrected chi connectivity index (χ2v) is 18.6. The minimum absolute atomic E-state index is 1.10. The Kier molecular flexibility index (Phi) is 8.61. The quantitative estimate of drug-likeness (QED) is 0.155. The van der Waals surface area contributed by atoms with Gasteiger partial charge in [0.15, 0.2) is 0 Å². The standard InChI is InChI=1S/C60H38N2S2/c1-2-12-43(13-3-1)62-55-21-7-4-14-49(55)54-38-42(30-37-56(54)62)39-24-31-44(32-25-39)61(45-33-26-40(27-34-45)47-17-10-19-52-50-15-5-8-22-57(50)63-59(47)52)46-35-28-41(29-36-46)48-18-11-20-53-51-16-6-9-23-58(51)64-60(48)53/h1-38H. The van der Waals surface area contributed by atoms with E-state index in [2.05, 4.69) is 240 Å². The Morgan fingerprint density at radius 3 is 1.30 bits per heavy atom.